The molecule has 1 N–H and O–H groups in total. The van der Waals surface area contributed by atoms with Gasteiger partial charge < -0.3 is 14.8 Å². The first-order chi connectivity index (χ1) is 13.2. The highest BCUT2D eigenvalue weighted by molar-refractivity contribution is 5.95. The van der Waals surface area contributed by atoms with Crippen molar-refractivity contribution in [2.45, 2.75) is 19.2 Å². The largest absolute Gasteiger partial charge is 0.482 e. The Morgan fingerprint density at radius 2 is 1.68 bits per heavy atom. The third-order valence-electron chi connectivity index (χ3n) is 3.53. The molecule has 0 fully saturated rings. The van der Waals surface area contributed by atoms with E-state index < -0.39 is 36.3 Å². The smallest absolute Gasteiger partial charge is 0.416 e. The Hall–Kier alpha value is -3.36. The van der Waals surface area contributed by atoms with E-state index >= 15 is 0 Å². The lowest BCUT2D eigenvalue weighted by Gasteiger charge is -2.14. The average Bonchev–Trinajstić information content (AvgIpc) is 2.66. The summed E-state index contributed by atoms with van der Waals surface area (Å²) < 4.78 is 47.6. The Morgan fingerprint density at radius 1 is 1.07 bits per heavy atom. The highest BCUT2D eigenvalue weighted by atomic mass is 19.4. The number of esters is 1. The van der Waals surface area contributed by atoms with Crippen LogP contribution in [0.25, 0.3) is 0 Å². The summed E-state index contributed by atoms with van der Waals surface area (Å²) in [7, 11) is 0. The van der Waals surface area contributed by atoms with Crippen LogP contribution in [0.3, 0.4) is 0 Å². The van der Waals surface area contributed by atoms with Gasteiger partial charge in [-0.2, -0.15) is 13.2 Å². The molecule has 0 saturated carbocycles. The van der Waals surface area contributed by atoms with Gasteiger partial charge in [0.1, 0.15) is 12.0 Å². The molecule has 6 nitrogen and oxygen atoms in total. The maximum Gasteiger partial charge on any atom is 0.416 e. The predicted octanol–water partition coefficient (Wildman–Crippen LogP) is 3.47. The molecule has 0 radical (unpaired) electrons. The van der Waals surface area contributed by atoms with Crippen molar-refractivity contribution in [3.8, 4) is 5.75 Å². The van der Waals surface area contributed by atoms with Crippen molar-refractivity contribution < 1.29 is 37.0 Å². The monoisotopic (exact) mass is 395 g/mol. The van der Waals surface area contributed by atoms with Crippen molar-refractivity contribution in [1.29, 1.82) is 0 Å². The van der Waals surface area contributed by atoms with Gasteiger partial charge in [0, 0.05) is 11.3 Å². The lowest BCUT2D eigenvalue weighted by Crippen LogP contribution is -2.31. The lowest BCUT2D eigenvalue weighted by molar-refractivity contribution is -0.155. The quantitative estimate of drug-likeness (QED) is 0.574. The molecule has 0 spiro atoms. The fourth-order valence-electron chi connectivity index (χ4n) is 2.06. The van der Waals surface area contributed by atoms with E-state index in [1.807, 2.05) is 0 Å². The second-order valence-corrected chi connectivity index (χ2v) is 5.67. The number of carbonyl (C=O) groups excluding carboxylic acids is 3. The Kier molecular flexibility index (Phi) is 6.75. The second kappa shape index (κ2) is 9.03. The zero-order valence-corrected chi connectivity index (χ0v) is 14.7. The summed E-state index contributed by atoms with van der Waals surface area (Å²) in [6.45, 7) is 0.856. The molecule has 0 heterocycles. The van der Waals surface area contributed by atoms with E-state index in [0.29, 0.717) is 17.6 Å². The van der Waals surface area contributed by atoms with Gasteiger partial charge in [-0.25, -0.2) is 4.79 Å². The molecule has 0 aliphatic heterocycles. The fourth-order valence-corrected chi connectivity index (χ4v) is 2.06. The molecule has 1 amide bonds. The van der Waals surface area contributed by atoms with Crippen molar-refractivity contribution in [3.63, 3.8) is 0 Å². The van der Waals surface area contributed by atoms with Gasteiger partial charge in [0.05, 0.1) is 5.56 Å². The van der Waals surface area contributed by atoms with E-state index in [4.69, 9.17) is 9.47 Å². The van der Waals surface area contributed by atoms with Crippen molar-refractivity contribution in [3.05, 3.63) is 59.7 Å². The molecule has 148 valence electrons. The zero-order chi connectivity index (χ0) is 20.7. The van der Waals surface area contributed by atoms with Gasteiger partial charge in [0.2, 0.25) is 0 Å². The van der Waals surface area contributed by atoms with E-state index in [-0.39, 0.29) is 5.69 Å². The molecule has 2 aromatic rings. The van der Waals surface area contributed by atoms with E-state index in [2.05, 4.69) is 5.32 Å². The molecule has 2 rings (SSSR count). The van der Waals surface area contributed by atoms with Gasteiger partial charge >= 0.3 is 12.1 Å². The van der Waals surface area contributed by atoms with Crippen LogP contribution in [-0.4, -0.2) is 30.9 Å². The number of hydrogen-bond acceptors (Lipinski definition) is 5. The number of benzene rings is 2. The van der Waals surface area contributed by atoms with Crippen LogP contribution in [0.2, 0.25) is 0 Å². The van der Waals surface area contributed by atoms with Crippen LogP contribution in [-0.2, 0) is 20.5 Å². The summed E-state index contributed by atoms with van der Waals surface area (Å²) in [4.78, 5) is 34.3. The van der Waals surface area contributed by atoms with Crippen LogP contribution in [0.1, 0.15) is 22.8 Å². The van der Waals surface area contributed by atoms with Crippen molar-refractivity contribution >= 4 is 23.9 Å². The SMILES string of the molecule is C[C@@H](OC(=O)COc1ccc(C=O)cc1)C(=O)Nc1ccc(C(F)(F)F)cc1. The molecular weight excluding hydrogens is 379 g/mol. The van der Waals surface area contributed by atoms with Crippen LogP contribution < -0.4 is 10.1 Å². The summed E-state index contributed by atoms with van der Waals surface area (Å²) in [6, 6.07) is 9.87. The van der Waals surface area contributed by atoms with E-state index in [0.717, 1.165) is 24.3 Å². The predicted molar refractivity (Wildman–Crippen MR) is 93.0 cm³/mol. The molecule has 9 heteroatoms. The minimum absolute atomic E-state index is 0.132. The van der Waals surface area contributed by atoms with Crippen molar-refractivity contribution in [1.82, 2.24) is 0 Å². The summed E-state index contributed by atoms with van der Waals surface area (Å²) in [5.74, 6) is -1.18. The van der Waals surface area contributed by atoms with Gasteiger partial charge in [-0.15, -0.1) is 0 Å². The number of rotatable bonds is 7. The molecular formula is C19H16F3NO5. The van der Waals surface area contributed by atoms with E-state index in [1.165, 1.54) is 31.2 Å². The summed E-state index contributed by atoms with van der Waals surface area (Å²) in [5, 5.41) is 2.35. The van der Waals surface area contributed by atoms with E-state index in [1.54, 1.807) is 0 Å². The number of alkyl halides is 3. The number of anilines is 1. The molecule has 0 saturated heterocycles. The Balaban J connectivity index is 1.82. The van der Waals surface area contributed by atoms with Gasteiger partial charge in [-0.1, -0.05) is 0 Å². The number of nitrogens with one attached hydrogen (secondary N) is 1. The lowest BCUT2D eigenvalue weighted by atomic mass is 10.2. The van der Waals surface area contributed by atoms with Gasteiger partial charge in [-0.3, -0.25) is 9.59 Å². The van der Waals surface area contributed by atoms with Crippen LogP contribution in [0.4, 0.5) is 18.9 Å². The second-order valence-electron chi connectivity index (χ2n) is 5.67. The van der Waals surface area contributed by atoms with Gasteiger partial charge in [0.25, 0.3) is 5.91 Å². The standard InChI is InChI=1S/C19H16F3NO5/c1-12(18(26)23-15-6-4-14(5-7-15)19(20,21)22)28-17(25)11-27-16-8-2-13(10-24)3-9-16/h2-10,12H,11H2,1H3,(H,23,26)/t12-/m1/s1. The molecule has 0 bridgehead atoms. The zero-order valence-electron chi connectivity index (χ0n) is 14.7. The van der Waals surface area contributed by atoms with Crippen LogP contribution in [0.15, 0.2) is 48.5 Å². The molecule has 28 heavy (non-hydrogen) atoms. The van der Waals surface area contributed by atoms with Crippen LogP contribution in [0, 0.1) is 0 Å². The first-order valence-corrected chi connectivity index (χ1v) is 8.04. The number of halogens is 3. The summed E-state index contributed by atoms with van der Waals surface area (Å²) >= 11 is 0. The molecule has 0 unspecified atom stereocenters. The van der Waals surface area contributed by atoms with Gasteiger partial charge in [0.15, 0.2) is 12.7 Å². The normalized spacial score (nSPS) is 12.0. The number of ether oxygens (including phenoxy) is 2. The summed E-state index contributed by atoms with van der Waals surface area (Å²) in [6.07, 6.45) is -5.00. The average molecular weight is 395 g/mol. The fraction of sp³-hybridized carbons (Fsp3) is 0.211. The van der Waals surface area contributed by atoms with Crippen molar-refractivity contribution in [2.24, 2.45) is 0 Å². The minimum atomic E-state index is -4.47. The number of hydrogen-bond donors (Lipinski definition) is 1. The topological polar surface area (TPSA) is 81.7 Å². The molecule has 0 aliphatic carbocycles. The number of amides is 1. The maximum absolute atomic E-state index is 12.5. The van der Waals surface area contributed by atoms with E-state index in [9.17, 15) is 27.6 Å². The van der Waals surface area contributed by atoms with Gasteiger partial charge in [-0.05, 0) is 55.5 Å². The first kappa shape index (κ1) is 20.9. The van der Waals surface area contributed by atoms with Crippen LogP contribution in [0.5, 0.6) is 5.75 Å². The van der Waals surface area contributed by atoms with Crippen molar-refractivity contribution in [2.75, 3.05) is 11.9 Å². The Morgan fingerprint density at radius 3 is 2.21 bits per heavy atom. The number of aldehydes is 1. The highest BCUT2D eigenvalue weighted by Crippen LogP contribution is 2.29. The maximum atomic E-state index is 12.5. The molecule has 1 atom stereocenters. The number of carbonyl (C=O) groups is 3. The minimum Gasteiger partial charge on any atom is -0.482 e. The van der Waals surface area contributed by atoms with Crippen LogP contribution >= 0.6 is 0 Å². The third-order valence-corrected chi connectivity index (χ3v) is 3.53. The molecule has 0 aliphatic rings. The Labute approximate surface area is 158 Å². The Bertz CT molecular complexity index is 832. The first-order valence-electron chi connectivity index (χ1n) is 8.04. The highest BCUT2D eigenvalue weighted by Gasteiger charge is 2.30. The molecule has 0 aromatic heterocycles. The molecule has 2 aromatic carbocycles. The third kappa shape index (κ3) is 6.11. The summed E-state index contributed by atoms with van der Waals surface area (Å²) in [5.41, 5.74) is -0.265.